The molecule has 0 spiro atoms. The third-order valence-electron chi connectivity index (χ3n) is 4.55. The van der Waals surface area contributed by atoms with E-state index in [0.29, 0.717) is 23.5 Å². The van der Waals surface area contributed by atoms with Gasteiger partial charge in [-0.15, -0.1) is 0 Å². The van der Waals surface area contributed by atoms with Gasteiger partial charge in [0.2, 0.25) is 0 Å². The number of ether oxygens (including phenoxy) is 1. The number of amides is 1. The van der Waals surface area contributed by atoms with Crippen LogP contribution in [-0.2, 0) is 16.1 Å². The van der Waals surface area contributed by atoms with Crippen molar-refractivity contribution in [2.75, 3.05) is 17.2 Å². The van der Waals surface area contributed by atoms with E-state index in [1.165, 1.54) is 0 Å². The Labute approximate surface area is 173 Å². The lowest BCUT2D eigenvalue weighted by Crippen LogP contribution is -2.21. The number of furan rings is 1. The fraction of sp³-hybridized carbons (Fsp3) is 0.0833. The van der Waals surface area contributed by atoms with Crippen LogP contribution in [0.4, 0.5) is 11.4 Å². The monoisotopic (exact) mass is 400 g/mol. The van der Waals surface area contributed by atoms with Crippen molar-refractivity contribution in [2.45, 2.75) is 6.54 Å². The van der Waals surface area contributed by atoms with Crippen LogP contribution in [0.5, 0.6) is 0 Å². The summed E-state index contributed by atoms with van der Waals surface area (Å²) in [5, 5.41) is 8.00. The van der Waals surface area contributed by atoms with Crippen LogP contribution in [0.1, 0.15) is 16.1 Å². The molecule has 150 valence electrons. The molecule has 1 heterocycles. The fourth-order valence-corrected chi connectivity index (χ4v) is 3.08. The van der Waals surface area contributed by atoms with E-state index in [9.17, 15) is 9.59 Å². The standard InChI is InChI=1S/C24H20N2O4/c27-23(26-19-12-11-17-6-1-2-7-18(17)14-19)16-30-24(28)21-9-3-4-10-22(21)25-15-20-8-5-13-29-20/h1-14,25H,15-16H2,(H,26,27). The normalized spacial score (nSPS) is 10.5. The average molecular weight is 400 g/mol. The second kappa shape index (κ2) is 8.96. The molecule has 0 aliphatic heterocycles. The van der Waals surface area contributed by atoms with Gasteiger partial charge in [-0.1, -0.05) is 42.5 Å². The number of rotatable bonds is 7. The molecular weight excluding hydrogens is 380 g/mol. The molecule has 30 heavy (non-hydrogen) atoms. The first kappa shape index (κ1) is 19.3. The molecule has 4 rings (SSSR count). The second-order valence-electron chi connectivity index (χ2n) is 6.66. The van der Waals surface area contributed by atoms with E-state index in [1.54, 1.807) is 30.5 Å². The Bertz CT molecular complexity index is 1170. The molecule has 0 saturated heterocycles. The first-order valence-corrected chi connectivity index (χ1v) is 9.50. The Balaban J connectivity index is 1.35. The first-order valence-electron chi connectivity index (χ1n) is 9.50. The highest BCUT2D eigenvalue weighted by molar-refractivity contribution is 5.99. The van der Waals surface area contributed by atoms with Crippen LogP contribution < -0.4 is 10.6 Å². The molecule has 6 nitrogen and oxygen atoms in total. The predicted octanol–water partition coefficient (Wildman–Crippen LogP) is 4.84. The molecular formula is C24H20N2O4. The van der Waals surface area contributed by atoms with Crippen LogP contribution >= 0.6 is 0 Å². The van der Waals surface area contributed by atoms with Crippen molar-refractivity contribution >= 4 is 34.0 Å². The van der Waals surface area contributed by atoms with Gasteiger partial charge in [0.15, 0.2) is 6.61 Å². The zero-order valence-corrected chi connectivity index (χ0v) is 16.1. The Hall–Kier alpha value is -4.06. The highest BCUT2D eigenvalue weighted by atomic mass is 16.5. The lowest BCUT2D eigenvalue weighted by molar-refractivity contribution is -0.119. The van der Waals surface area contributed by atoms with Crippen molar-refractivity contribution in [2.24, 2.45) is 0 Å². The number of nitrogens with one attached hydrogen (secondary N) is 2. The van der Waals surface area contributed by atoms with E-state index in [1.807, 2.05) is 54.6 Å². The number of fused-ring (bicyclic) bond motifs is 1. The minimum atomic E-state index is -0.578. The smallest absolute Gasteiger partial charge is 0.340 e. The van der Waals surface area contributed by atoms with Crippen molar-refractivity contribution < 1.29 is 18.7 Å². The molecule has 6 heteroatoms. The number of hydrogen-bond donors (Lipinski definition) is 2. The molecule has 0 unspecified atom stereocenters. The van der Waals surface area contributed by atoms with Gasteiger partial charge < -0.3 is 19.8 Å². The second-order valence-corrected chi connectivity index (χ2v) is 6.66. The molecule has 0 atom stereocenters. The van der Waals surface area contributed by atoms with E-state index in [0.717, 1.165) is 16.5 Å². The summed E-state index contributed by atoms with van der Waals surface area (Å²) in [7, 11) is 0. The minimum Gasteiger partial charge on any atom is -0.467 e. The number of carbonyl (C=O) groups is 2. The van der Waals surface area contributed by atoms with Crippen LogP contribution in [0.25, 0.3) is 10.8 Å². The van der Waals surface area contributed by atoms with Gasteiger partial charge in [0.05, 0.1) is 18.4 Å². The highest BCUT2D eigenvalue weighted by Crippen LogP contribution is 2.20. The average Bonchev–Trinajstić information content (AvgIpc) is 3.30. The van der Waals surface area contributed by atoms with Gasteiger partial charge >= 0.3 is 5.97 Å². The maximum absolute atomic E-state index is 12.5. The van der Waals surface area contributed by atoms with E-state index in [-0.39, 0.29) is 6.61 Å². The predicted molar refractivity (Wildman–Crippen MR) is 115 cm³/mol. The summed E-state index contributed by atoms with van der Waals surface area (Å²) in [6.45, 7) is 0.0535. The third-order valence-corrected chi connectivity index (χ3v) is 4.55. The van der Waals surface area contributed by atoms with Crippen LogP contribution in [-0.4, -0.2) is 18.5 Å². The number of hydrogen-bond acceptors (Lipinski definition) is 5. The minimum absolute atomic E-state index is 0.350. The Kier molecular flexibility index (Phi) is 5.75. The van der Waals surface area contributed by atoms with E-state index in [2.05, 4.69) is 10.6 Å². The maximum atomic E-state index is 12.5. The molecule has 0 aliphatic carbocycles. The summed E-state index contributed by atoms with van der Waals surface area (Å²) < 4.78 is 10.5. The van der Waals surface area contributed by atoms with Gasteiger partial charge in [0, 0.05) is 11.4 Å². The molecule has 0 fully saturated rings. The van der Waals surface area contributed by atoms with Crippen LogP contribution in [0.2, 0.25) is 0 Å². The molecule has 3 aromatic carbocycles. The molecule has 1 amide bonds. The van der Waals surface area contributed by atoms with Gasteiger partial charge in [-0.05, 0) is 47.2 Å². The zero-order chi connectivity index (χ0) is 20.8. The zero-order valence-electron chi connectivity index (χ0n) is 16.1. The molecule has 0 aliphatic rings. The van der Waals surface area contributed by atoms with Gasteiger partial charge in [0.25, 0.3) is 5.91 Å². The van der Waals surface area contributed by atoms with Crippen LogP contribution in [0, 0.1) is 0 Å². The lowest BCUT2D eigenvalue weighted by atomic mass is 10.1. The summed E-state index contributed by atoms with van der Waals surface area (Å²) in [5.41, 5.74) is 1.60. The summed E-state index contributed by atoms with van der Waals surface area (Å²) in [6, 6.07) is 24.1. The van der Waals surface area contributed by atoms with Gasteiger partial charge in [-0.2, -0.15) is 0 Å². The summed E-state index contributed by atoms with van der Waals surface area (Å²) in [5.74, 6) is -0.237. The van der Waals surface area contributed by atoms with Crippen molar-refractivity contribution in [3.8, 4) is 0 Å². The van der Waals surface area contributed by atoms with E-state index in [4.69, 9.17) is 9.15 Å². The van der Waals surface area contributed by atoms with Crippen molar-refractivity contribution in [3.63, 3.8) is 0 Å². The third kappa shape index (κ3) is 4.67. The summed E-state index contributed by atoms with van der Waals surface area (Å²) in [4.78, 5) is 24.7. The van der Waals surface area contributed by atoms with E-state index < -0.39 is 11.9 Å². The molecule has 0 saturated carbocycles. The number of esters is 1. The van der Waals surface area contributed by atoms with Crippen LogP contribution in [0.15, 0.2) is 89.5 Å². The Morgan fingerprint density at radius 3 is 2.50 bits per heavy atom. The van der Waals surface area contributed by atoms with Gasteiger partial charge in [-0.3, -0.25) is 4.79 Å². The van der Waals surface area contributed by atoms with Crippen LogP contribution in [0.3, 0.4) is 0 Å². The van der Waals surface area contributed by atoms with Gasteiger partial charge in [-0.25, -0.2) is 4.79 Å². The Morgan fingerprint density at radius 2 is 1.67 bits per heavy atom. The molecule has 0 radical (unpaired) electrons. The fourth-order valence-electron chi connectivity index (χ4n) is 3.08. The van der Waals surface area contributed by atoms with Gasteiger partial charge in [0.1, 0.15) is 5.76 Å². The first-order chi connectivity index (χ1) is 14.7. The molecule has 1 aromatic heterocycles. The Morgan fingerprint density at radius 1 is 0.867 bits per heavy atom. The lowest BCUT2D eigenvalue weighted by Gasteiger charge is -2.11. The summed E-state index contributed by atoms with van der Waals surface area (Å²) in [6.07, 6.45) is 1.59. The summed E-state index contributed by atoms with van der Waals surface area (Å²) >= 11 is 0. The van der Waals surface area contributed by atoms with Crippen molar-refractivity contribution in [1.29, 1.82) is 0 Å². The molecule has 2 N–H and O–H groups in total. The molecule has 4 aromatic rings. The SMILES string of the molecule is O=C(COC(=O)c1ccccc1NCc1ccco1)Nc1ccc2ccccc2c1. The number of para-hydroxylation sites is 1. The number of benzene rings is 3. The van der Waals surface area contributed by atoms with Crippen molar-refractivity contribution in [3.05, 3.63) is 96.4 Å². The number of carbonyl (C=O) groups excluding carboxylic acids is 2. The highest BCUT2D eigenvalue weighted by Gasteiger charge is 2.14. The largest absolute Gasteiger partial charge is 0.467 e. The number of anilines is 2. The topological polar surface area (TPSA) is 80.6 Å². The molecule has 0 bridgehead atoms. The van der Waals surface area contributed by atoms with Crippen molar-refractivity contribution in [1.82, 2.24) is 0 Å². The quantitative estimate of drug-likeness (QED) is 0.434. The van der Waals surface area contributed by atoms with E-state index >= 15 is 0 Å². The maximum Gasteiger partial charge on any atom is 0.340 e.